The van der Waals surface area contributed by atoms with Gasteiger partial charge in [0.2, 0.25) is 5.91 Å². The zero-order chi connectivity index (χ0) is 14.4. The van der Waals surface area contributed by atoms with Crippen LogP contribution in [0.25, 0.3) is 0 Å². The number of amides is 1. The van der Waals surface area contributed by atoms with Gasteiger partial charge in [-0.25, -0.2) is 0 Å². The molecule has 3 nitrogen and oxygen atoms in total. The van der Waals surface area contributed by atoms with Crippen LogP contribution in [0.5, 0.6) is 0 Å². The molecule has 0 N–H and O–H groups in total. The molecule has 1 aliphatic heterocycles. The maximum absolute atomic E-state index is 12.0. The zero-order valence-corrected chi connectivity index (χ0v) is 14.3. The van der Waals surface area contributed by atoms with E-state index in [2.05, 4.69) is 33.9 Å². The van der Waals surface area contributed by atoms with Gasteiger partial charge in [0.05, 0.1) is 6.10 Å². The van der Waals surface area contributed by atoms with Gasteiger partial charge in [-0.3, -0.25) is 4.79 Å². The molecule has 0 radical (unpaired) electrons. The topological polar surface area (TPSA) is 29.5 Å². The molecule has 1 fully saturated rings. The average molecular weight is 271 g/mol. The highest BCUT2D eigenvalue weighted by Crippen LogP contribution is 2.38. The van der Waals surface area contributed by atoms with Gasteiger partial charge in [-0.2, -0.15) is 0 Å². The minimum atomic E-state index is -1.69. The summed E-state index contributed by atoms with van der Waals surface area (Å²) in [5, 5.41) is 0.238. The molecule has 0 saturated carbocycles. The Kier molecular flexibility index (Phi) is 4.05. The molecule has 1 heterocycles. The maximum atomic E-state index is 12.0. The number of carbonyl (C=O) groups is 1. The Morgan fingerprint density at radius 2 is 1.56 bits per heavy atom. The lowest BCUT2D eigenvalue weighted by atomic mass is 9.93. The van der Waals surface area contributed by atoms with Crippen LogP contribution in [0.4, 0.5) is 0 Å². The smallest absolute Gasteiger partial charge is 0.228 e. The monoisotopic (exact) mass is 271 g/mol. The summed E-state index contributed by atoms with van der Waals surface area (Å²) in [5.41, 5.74) is -0.276. The molecule has 0 unspecified atom stereocenters. The Balaban J connectivity index is 2.48. The third kappa shape index (κ3) is 3.35. The van der Waals surface area contributed by atoms with E-state index in [-0.39, 0.29) is 22.5 Å². The summed E-state index contributed by atoms with van der Waals surface area (Å²) in [6.07, 6.45) is 0.247. The lowest BCUT2D eigenvalue weighted by molar-refractivity contribution is -0.149. The highest BCUT2D eigenvalue weighted by atomic mass is 28.4. The maximum Gasteiger partial charge on any atom is 0.228 e. The van der Waals surface area contributed by atoms with E-state index in [9.17, 15) is 4.79 Å². The third-order valence-corrected chi connectivity index (χ3v) is 8.58. The highest BCUT2D eigenvalue weighted by molar-refractivity contribution is 6.74. The second-order valence-electron chi connectivity index (χ2n) is 7.96. The lowest BCUT2D eigenvalue weighted by Crippen LogP contribution is -2.61. The molecule has 1 rings (SSSR count). The summed E-state index contributed by atoms with van der Waals surface area (Å²) >= 11 is 0. The van der Waals surface area contributed by atoms with Crippen molar-refractivity contribution in [1.82, 2.24) is 4.90 Å². The summed E-state index contributed by atoms with van der Waals surface area (Å²) in [6.45, 7) is 18.7. The summed E-state index contributed by atoms with van der Waals surface area (Å²) in [6, 6.07) is 0. The molecule has 1 saturated heterocycles. The van der Waals surface area contributed by atoms with Crippen molar-refractivity contribution in [3.8, 4) is 0 Å². The fourth-order valence-corrected chi connectivity index (χ4v) is 3.08. The summed E-state index contributed by atoms with van der Waals surface area (Å²) in [5.74, 6) is 0.234. The molecule has 0 aromatic heterocycles. The molecule has 0 spiro atoms. The van der Waals surface area contributed by atoms with Gasteiger partial charge in [0.1, 0.15) is 0 Å². The van der Waals surface area contributed by atoms with E-state index in [4.69, 9.17) is 4.43 Å². The molecule has 18 heavy (non-hydrogen) atoms. The number of hydrogen-bond donors (Lipinski definition) is 0. The standard InChI is InChI=1S/C14H29NO2Si/c1-13(2,3)12(16)15-9-11(10-15)17-18(7,8)14(4,5)6/h11H,9-10H2,1-8H3. The van der Waals surface area contributed by atoms with E-state index in [1.165, 1.54) is 0 Å². The van der Waals surface area contributed by atoms with Gasteiger partial charge in [0, 0.05) is 18.5 Å². The van der Waals surface area contributed by atoms with Gasteiger partial charge < -0.3 is 9.33 Å². The Labute approximate surface area is 113 Å². The largest absolute Gasteiger partial charge is 0.410 e. The minimum Gasteiger partial charge on any atom is -0.410 e. The minimum absolute atomic E-state index is 0.234. The molecule has 0 atom stereocenters. The first-order valence-electron chi connectivity index (χ1n) is 6.82. The van der Waals surface area contributed by atoms with Crippen LogP contribution in [-0.4, -0.2) is 38.3 Å². The number of nitrogens with zero attached hydrogens (tertiary/aromatic N) is 1. The van der Waals surface area contributed by atoms with Crippen molar-refractivity contribution in [3.05, 3.63) is 0 Å². The van der Waals surface area contributed by atoms with Gasteiger partial charge in [-0.1, -0.05) is 41.5 Å². The molecule has 1 amide bonds. The number of rotatable bonds is 2. The van der Waals surface area contributed by atoms with E-state index < -0.39 is 8.32 Å². The van der Waals surface area contributed by atoms with Crippen LogP contribution in [0.2, 0.25) is 18.1 Å². The van der Waals surface area contributed by atoms with Gasteiger partial charge in [0.25, 0.3) is 0 Å². The normalized spacial score (nSPS) is 18.8. The van der Waals surface area contributed by atoms with Crippen molar-refractivity contribution in [3.63, 3.8) is 0 Å². The van der Waals surface area contributed by atoms with Crippen molar-refractivity contribution in [2.75, 3.05) is 13.1 Å². The van der Waals surface area contributed by atoms with Gasteiger partial charge in [0.15, 0.2) is 8.32 Å². The summed E-state index contributed by atoms with van der Waals surface area (Å²) in [4.78, 5) is 14.0. The molecular weight excluding hydrogens is 242 g/mol. The van der Waals surface area contributed by atoms with Crippen LogP contribution in [0, 0.1) is 5.41 Å². The summed E-state index contributed by atoms with van der Waals surface area (Å²) < 4.78 is 6.28. The quantitative estimate of drug-likeness (QED) is 0.721. The Morgan fingerprint density at radius 1 is 1.11 bits per heavy atom. The third-order valence-electron chi connectivity index (χ3n) is 4.04. The second-order valence-corrected chi connectivity index (χ2v) is 12.7. The van der Waals surface area contributed by atoms with Gasteiger partial charge in [-0.15, -0.1) is 0 Å². The molecule has 1 aliphatic rings. The molecule has 4 heteroatoms. The lowest BCUT2D eigenvalue weighted by Gasteiger charge is -2.47. The fraction of sp³-hybridized carbons (Fsp3) is 0.929. The van der Waals surface area contributed by atoms with E-state index >= 15 is 0 Å². The SMILES string of the molecule is CC(C)(C)C(=O)N1CC(O[Si](C)(C)C(C)(C)C)C1. The Morgan fingerprint density at radius 3 is 1.89 bits per heavy atom. The number of likely N-dealkylation sites (tertiary alicyclic amines) is 1. The van der Waals surface area contributed by atoms with Crippen molar-refractivity contribution in [1.29, 1.82) is 0 Å². The first kappa shape index (κ1) is 15.7. The predicted octanol–water partition coefficient (Wildman–Crippen LogP) is 3.27. The van der Waals surface area contributed by atoms with Gasteiger partial charge >= 0.3 is 0 Å². The molecule has 0 aromatic rings. The Hall–Kier alpha value is -0.353. The van der Waals surface area contributed by atoms with Crippen LogP contribution in [0.3, 0.4) is 0 Å². The van der Waals surface area contributed by atoms with Gasteiger partial charge in [-0.05, 0) is 18.1 Å². The molecule has 106 valence electrons. The zero-order valence-electron chi connectivity index (χ0n) is 13.3. The number of carbonyl (C=O) groups excluding carboxylic acids is 1. The highest BCUT2D eigenvalue weighted by Gasteiger charge is 2.44. The Bertz CT molecular complexity index is 320. The molecule has 0 bridgehead atoms. The van der Waals surface area contributed by atoms with E-state index in [1.54, 1.807) is 0 Å². The molecule has 0 aromatic carbocycles. The first-order chi connectivity index (χ1) is 7.84. The van der Waals surface area contributed by atoms with E-state index in [0.29, 0.717) is 0 Å². The van der Waals surface area contributed by atoms with Crippen molar-refractivity contribution >= 4 is 14.2 Å². The van der Waals surface area contributed by atoms with E-state index in [0.717, 1.165) is 13.1 Å². The number of hydrogen-bond acceptors (Lipinski definition) is 2. The van der Waals surface area contributed by atoms with Crippen molar-refractivity contribution < 1.29 is 9.22 Å². The van der Waals surface area contributed by atoms with Crippen LogP contribution in [-0.2, 0) is 9.22 Å². The van der Waals surface area contributed by atoms with Crippen molar-refractivity contribution in [2.24, 2.45) is 5.41 Å². The van der Waals surface area contributed by atoms with E-state index in [1.807, 2.05) is 25.7 Å². The average Bonchev–Trinajstić information content (AvgIpc) is 2.05. The van der Waals surface area contributed by atoms with Crippen LogP contribution in [0.1, 0.15) is 41.5 Å². The summed E-state index contributed by atoms with van der Waals surface area (Å²) in [7, 11) is -1.69. The molecular formula is C14H29NO2Si. The van der Waals surface area contributed by atoms with Crippen molar-refractivity contribution in [2.45, 2.75) is 65.8 Å². The predicted molar refractivity (Wildman–Crippen MR) is 78.1 cm³/mol. The van der Waals surface area contributed by atoms with Crippen LogP contribution >= 0.6 is 0 Å². The van der Waals surface area contributed by atoms with Crippen LogP contribution < -0.4 is 0 Å². The van der Waals surface area contributed by atoms with Crippen LogP contribution in [0.15, 0.2) is 0 Å². The molecule has 0 aliphatic carbocycles. The first-order valence-corrected chi connectivity index (χ1v) is 9.72. The second kappa shape index (κ2) is 4.64. The fourth-order valence-electron chi connectivity index (χ4n) is 1.75.